The Morgan fingerprint density at radius 2 is 1.82 bits per heavy atom. The highest BCUT2D eigenvalue weighted by Crippen LogP contribution is 2.31. The van der Waals surface area contributed by atoms with Crippen LogP contribution in [0.4, 0.5) is 5.95 Å². The highest BCUT2D eigenvalue weighted by Gasteiger charge is 2.27. The standard InChI is InChI=1S/C25H27N5O2S/c1-16-6-4-7-17(2)23(16)21-13-22-27-25(26-21)28-33-20-9-5-8-18(12-20)24(31)30-11-10-29(3)14-19(15-30)32-22/h4-9,12-13,19H,10-11,14-15H2,1-3H3,(H,26,27,28)/t19-/m1/s1. The van der Waals surface area contributed by atoms with E-state index in [4.69, 9.17) is 9.72 Å². The zero-order chi connectivity index (χ0) is 22.9. The first-order valence-electron chi connectivity index (χ1n) is 11.1. The molecule has 170 valence electrons. The van der Waals surface area contributed by atoms with E-state index < -0.39 is 0 Å². The molecule has 2 aliphatic heterocycles. The minimum atomic E-state index is -0.202. The van der Waals surface area contributed by atoms with E-state index in [1.54, 1.807) is 0 Å². The van der Waals surface area contributed by atoms with Crippen LogP contribution in [0.2, 0.25) is 0 Å². The van der Waals surface area contributed by atoms with Crippen molar-refractivity contribution in [2.45, 2.75) is 24.8 Å². The number of nitrogens with one attached hydrogen (secondary N) is 1. The molecule has 33 heavy (non-hydrogen) atoms. The molecule has 1 aromatic heterocycles. The van der Waals surface area contributed by atoms with E-state index in [-0.39, 0.29) is 12.0 Å². The van der Waals surface area contributed by atoms with Crippen LogP contribution in [0.15, 0.2) is 53.4 Å². The van der Waals surface area contributed by atoms with E-state index in [2.05, 4.69) is 53.7 Å². The van der Waals surface area contributed by atoms with Gasteiger partial charge in [0.05, 0.1) is 12.2 Å². The normalized spacial score (nSPS) is 18.8. The van der Waals surface area contributed by atoms with Crippen LogP contribution in [0.25, 0.3) is 11.3 Å². The van der Waals surface area contributed by atoms with Gasteiger partial charge in [0.25, 0.3) is 5.91 Å². The highest BCUT2D eigenvalue weighted by molar-refractivity contribution is 8.00. The number of benzene rings is 2. The molecule has 3 heterocycles. The van der Waals surface area contributed by atoms with Crippen LogP contribution in [0.3, 0.4) is 0 Å². The molecule has 0 unspecified atom stereocenters. The molecule has 0 spiro atoms. The smallest absolute Gasteiger partial charge is 0.254 e. The number of nitrogens with zero attached hydrogens (tertiary/aromatic N) is 4. The molecule has 2 aliphatic rings. The largest absolute Gasteiger partial charge is 0.471 e. The molecule has 3 aromatic rings. The average Bonchev–Trinajstić information content (AvgIpc) is 2.97. The number of aromatic nitrogens is 2. The second-order valence-corrected chi connectivity index (χ2v) is 9.55. The quantitative estimate of drug-likeness (QED) is 0.549. The van der Waals surface area contributed by atoms with Gasteiger partial charge in [0.1, 0.15) is 6.10 Å². The number of ether oxygens (including phenoxy) is 1. The maximum absolute atomic E-state index is 13.3. The van der Waals surface area contributed by atoms with Crippen molar-refractivity contribution in [2.75, 3.05) is 37.9 Å². The summed E-state index contributed by atoms with van der Waals surface area (Å²) in [7, 11) is 2.06. The summed E-state index contributed by atoms with van der Waals surface area (Å²) >= 11 is 1.39. The number of carbonyl (C=O) groups is 1. The minimum absolute atomic E-state index is 0.0228. The fraction of sp³-hybridized carbons (Fsp3) is 0.320. The lowest BCUT2D eigenvalue weighted by Crippen LogP contribution is -2.40. The first-order chi connectivity index (χ1) is 16.0. The maximum Gasteiger partial charge on any atom is 0.254 e. The van der Waals surface area contributed by atoms with Gasteiger partial charge in [-0.05, 0) is 62.2 Å². The zero-order valence-corrected chi connectivity index (χ0v) is 19.9. The lowest BCUT2D eigenvalue weighted by atomic mass is 10.00. The summed E-state index contributed by atoms with van der Waals surface area (Å²) in [6.07, 6.45) is -0.202. The Kier molecular flexibility index (Phi) is 5.95. The highest BCUT2D eigenvalue weighted by atomic mass is 32.2. The molecular formula is C25H27N5O2S. The molecule has 0 radical (unpaired) electrons. The number of carbonyl (C=O) groups excluding carboxylic acids is 1. The van der Waals surface area contributed by atoms with Crippen molar-refractivity contribution in [1.29, 1.82) is 0 Å². The minimum Gasteiger partial charge on any atom is -0.471 e. The molecule has 1 saturated heterocycles. The molecule has 6 bridgehead atoms. The Morgan fingerprint density at radius 3 is 2.64 bits per heavy atom. The van der Waals surface area contributed by atoms with Crippen molar-refractivity contribution in [3.63, 3.8) is 0 Å². The van der Waals surface area contributed by atoms with Crippen LogP contribution in [0.1, 0.15) is 21.5 Å². The first-order valence-corrected chi connectivity index (χ1v) is 11.9. The third kappa shape index (κ3) is 4.67. The summed E-state index contributed by atoms with van der Waals surface area (Å²) in [4.78, 5) is 27.7. The lowest BCUT2D eigenvalue weighted by molar-refractivity contribution is 0.0691. The first kappa shape index (κ1) is 21.7. The van der Waals surface area contributed by atoms with Crippen LogP contribution in [0, 0.1) is 13.8 Å². The predicted octanol–water partition coefficient (Wildman–Crippen LogP) is 4.03. The molecule has 1 atom stereocenters. The topological polar surface area (TPSA) is 70.6 Å². The van der Waals surface area contributed by atoms with Gasteiger partial charge in [-0.3, -0.25) is 9.52 Å². The molecule has 1 N–H and O–H groups in total. The van der Waals surface area contributed by atoms with E-state index in [1.807, 2.05) is 35.2 Å². The van der Waals surface area contributed by atoms with E-state index >= 15 is 0 Å². The Hall–Kier alpha value is -3.10. The van der Waals surface area contributed by atoms with Crippen molar-refractivity contribution in [2.24, 2.45) is 0 Å². The van der Waals surface area contributed by atoms with Crippen LogP contribution in [-0.4, -0.2) is 65.0 Å². The van der Waals surface area contributed by atoms with Crippen LogP contribution in [-0.2, 0) is 0 Å². The number of rotatable bonds is 1. The van der Waals surface area contributed by atoms with Crippen molar-refractivity contribution in [1.82, 2.24) is 19.8 Å². The fourth-order valence-electron chi connectivity index (χ4n) is 4.41. The van der Waals surface area contributed by atoms with Gasteiger partial charge in [-0.1, -0.05) is 24.3 Å². The number of aryl methyl sites for hydroxylation is 2. The maximum atomic E-state index is 13.3. The van der Waals surface area contributed by atoms with E-state index in [1.165, 1.54) is 11.9 Å². The van der Waals surface area contributed by atoms with Gasteiger partial charge in [-0.15, -0.1) is 0 Å². The number of likely N-dealkylation sites (N-methyl/N-ethyl adjacent to an activating group) is 1. The summed E-state index contributed by atoms with van der Waals surface area (Å²) in [6.45, 7) is 6.85. The summed E-state index contributed by atoms with van der Waals surface area (Å²) in [5.41, 5.74) is 4.87. The monoisotopic (exact) mass is 461 g/mol. The van der Waals surface area contributed by atoms with Gasteiger partial charge in [-0.25, -0.2) is 4.98 Å². The van der Waals surface area contributed by atoms with Crippen molar-refractivity contribution in [3.05, 3.63) is 65.2 Å². The molecule has 1 amide bonds. The van der Waals surface area contributed by atoms with Crippen molar-refractivity contribution in [3.8, 4) is 17.1 Å². The van der Waals surface area contributed by atoms with E-state index in [0.29, 0.717) is 37.0 Å². The summed E-state index contributed by atoms with van der Waals surface area (Å²) in [6, 6.07) is 15.8. The molecular weight excluding hydrogens is 434 g/mol. The van der Waals surface area contributed by atoms with Crippen LogP contribution < -0.4 is 9.46 Å². The van der Waals surface area contributed by atoms with Gasteiger partial charge in [0, 0.05) is 41.7 Å². The molecule has 0 saturated carbocycles. The number of amides is 1. The fourth-order valence-corrected chi connectivity index (χ4v) is 5.05. The number of hydrogen-bond acceptors (Lipinski definition) is 7. The Bertz CT molecular complexity index is 1180. The molecule has 1 fully saturated rings. The van der Waals surface area contributed by atoms with E-state index in [9.17, 15) is 4.79 Å². The number of anilines is 1. The third-order valence-corrected chi connectivity index (χ3v) is 6.82. The molecule has 0 aliphatic carbocycles. The Morgan fingerprint density at radius 1 is 1.03 bits per heavy atom. The average molecular weight is 462 g/mol. The second kappa shape index (κ2) is 9.03. The second-order valence-electron chi connectivity index (χ2n) is 8.67. The zero-order valence-electron chi connectivity index (χ0n) is 19.0. The van der Waals surface area contributed by atoms with E-state index in [0.717, 1.165) is 33.8 Å². The van der Waals surface area contributed by atoms with Gasteiger partial charge in [-0.2, -0.15) is 4.98 Å². The number of fused-ring (bicyclic) bond motifs is 6. The van der Waals surface area contributed by atoms with Crippen molar-refractivity contribution < 1.29 is 9.53 Å². The molecule has 7 nitrogen and oxygen atoms in total. The number of hydrogen-bond donors (Lipinski definition) is 1. The molecule has 2 aromatic carbocycles. The van der Waals surface area contributed by atoms with Crippen LogP contribution >= 0.6 is 11.9 Å². The summed E-state index contributed by atoms with van der Waals surface area (Å²) in [5.74, 6) is 1.00. The molecule has 8 heteroatoms. The molecule has 5 rings (SSSR count). The lowest BCUT2D eigenvalue weighted by Gasteiger charge is -2.25. The SMILES string of the molecule is Cc1cccc(C)c1-c1cc2nc(n1)NSc1cccc(c1)C(=O)N1CCN(C)C[C@H](C1)O2. The van der Waals surface area contributed by atoms with Crippen LogP contribution in [0.5, 0.6) is 5.88 Å². The third-order valence-electron chi connectivity index (χ3n) is 6.05. The van der Waals surface area contributed by atoms with Crippen molar-refractivity contribution >= 4 is 23.8 Å². The Balaban J connectivity index is 1.61. The van der Waals surface area contributed by atoms with Gasteiger partial charge >= 0.3 is 0 Å². The summed E-state index contributed by atoms with van der Waals surface area (Å²) in [5, 5.41) is 0. The summed E-state index contributed by atoms with van der Waals surface area (Å²) < 4.78 is 9.66. The van der Waals surface area contributed by atoms with Gasteiger partial charge < -0.3 is 14.5 Å². The Labute approximate surface area is 198 Å². The van der Waals surface area contributed by atoms with Gasteiger partial charge in [0.15, 0.2) is 0 Å². The van der Waals surface area contributed by atoms with Gasteiger partial charge in [0.2, 0.25) is 11.8 Å². The predicted molar refractivity (Wildman–Crippen MR) is 131 cm³/mol.